The van der Waals surface area contributed by atoms with Gasteiger partial charge in [-0.2, -0.15) is 4.98 Å². The Morgan fingerprint density at radius 3 is 2.73 bits per heavy atom. The molecule has 1 fully saturated rings. The van der Waals surface area contributed by atoms with Crippen LogP contribution < -0.4 is 16.6 Å². The van der Waals surface area contributed by atoms with Crippen molar-refractivity contribution < 1.29 is 29.3 Å². The summed E-state index contributed by atoms with van der Waals surface area (Å²) in [5.74, 6) is -1.69. The van der Waals surface area contributed by atoms with Gasteiger partial charge in [0.1, 0.15) is 18.2 Å². The first kappa shape index (κ1) is 22.4. The normalized spacial score (nSPS) is 23.4. The Labute approximate surface area is 186 Å². The van der Waals surface area contributed by atoms with E-state index in [2.05, 4.69) is 20.3 Å². The molecule has 0 bridgehead atoms. The molecule has 0 aliphatic carbocycles. The highest BCUT2D eigenvalue weighted by molar-refractivity contribution is 5.87. The van der Waals surface area contributed by atoms with Gasteiger partial charge in [0.05, 0.1) is 13.4 Å². The summed E-state index contributed by atoms with van der Waals surface area (Å²) in [4.78, 5) is 47.3. The number of imidazole rings is 1. The number of ether oxygens (including phenoxy) is 2. The largest absolute Gasteiger partial charge is 0.467 e. The van der Waals surface area contributed by atoms with Crippen molar-refractivity contribution in [3.05, 3.63) is 52.6 Å². The van der Waals surface area contributed by atoms with E-state index in [0.717, 1.165) is 5.56 Å². The summed E-state index contributed by atoms with van der Waals surface area (Å²) < 4.78 is 11.6. The lowest BCUT2D eigenvalue weighted by Gasteiger charge is -2.20. The fourth-order valence-corrected chi connectivity index (χ4v) is 3.67. The van der Waals surface area contributed by atoms with E-state index in [1.165, 1.54) is 18.0 Å². The minimum Gasteiger partial charge on any atom is -0.467 e. The Kier molecular flexibility index (Phi) is 6.09. The summed E-state index contributed by atoms with van der Waals surface area (Å²) in [5, 5.41) is 23.5. The van der Waals surface area contributed by atoms with Crippen LogP contribution in [0.2, 0.25) is 0 Å². The molecule has 13 heteroatoms. The van der Waals surface area contributed by atoms with Crippen LogP contribution in [0, 0.1) is 0 Å². The Morgan fingerprint density at radius 2 is 2.03 bits per heavy atom. The molecule has 1 amide bonds. The summed E-state index contributed by atoms with van der Waals surface area (Å²) >= 11 is 0. The van der Waals surface area contributed by atoms with Gasteiger partial charge < -0.3 is 30.7 Å². The van der Waals surface area contributed by atoms with E-state index in [9.17, 15) is 24.6 Å². The van der Waals surface area contributed by atoms with Gasteiger partial charge in [-0.15, -0.1) is 0 Å². The van der Waals surface area contributed by atoms with Gasteiger partial charge in [-0.3, -0.25) is 19.1 Å². The smallest absolute Gasteiger partial charge is 0.328 e. The van der Waals surface area contributed by atoms with Gasteiger partial charge in [0, 0.05) is 6.42 Å². The fraction of sp³-hybridized carbons (Fsp3) is 0.350. The number of esters is 1. The molecule has 6 N–H and O–H groups in total. The molecule has 5 atom stereocenters. The monoisotopic (exact) mass is 458 g/mol. The molecular formula is C20H22N6O7. The fourth-order valence-electron chi connectivity index (χ4n) is 3.67. The third-order valence-corrected chi connectivity index (χ3v) is 5.31. The molecule has 0 saturated carbocycles. The van der Waals surface area contributed by atoms with Crippen molar-refractivity contribution in [2.45, 2.75) is 37.0 Å². The second-order valence-corrected chi connectivity index (χ2v) is 7.48. The number of amides is 1. The number of carbonyl (C=O) groups excluding carboxylic acids is 2. The first-order valence-corrected chi connectivity index (χ1v) is 9.96. The molecule has 174 valence electrons. The number of hydrogen-bond donors (Lipinski definition) is 5. The summed E-state index contributed by atoms with van der Waals surface area (Å²) in [6, 6.07) is 7.91. The standard InChI is InChI=1S/C20H22N6O7/c1-32-19(31)10(7-9-5-3-2-4-6-9)23-17(30)14-12(27)13(28)18(33-14)26-8-22-11-15(26)24-20(21)25-16(11)29/h2-6,8,10,12-14,18,27-28H,7H2,1H3,(H,23,30)(H3,21,24,25,29)/t10-,12+,13-,14+,18-/m1/s1. The topological polar surface area (TPSA) is 195 Å². The van der Waals surface area contributed by atoms with Crippen LogP contribution in [0.25, 0.3) is 11.2 Å². The van der Waals surface area contributed by atoms with Crippen LogP contribution in [-0.2, 0) is 25.5 Å². The molecular weight excluding hydrogens is 436 g/mol. The second kappa shape index (κ2) is 8.97. The SMILES string of the molecule is COC(=O)[C@@H](Cc1ccccc1)NC(=O)[C@H]1O[C@@H](n2cnc3c(=O)[nH]c(N)nc32)[C@H](O)[C@@H]1O. The maximum atomic E-state index is 12.9. The number of rotatable bonds is 6. The Bertz CT molecular complexity index is 1230. The van der Waals surface area contributed by atoms with Crippen molar-refractivity contribution in [3.8, 4) is 0 Å². The number of nitrogens with one attached hydrogen (secondary N) is 2. The highest BCUT2D eigenvalue weighted by Crippen LogP contribution is 2.31. The van der Waals surface area contributed by atoms with Crippen LogP contribution in [-0.4, -0.2) is 73.1 Å². The van der Waals surface area contributed by atoms with Crippen molar-refractivity contribution >= 4 is 29.0 Å². The van der Waals surface area contributed by atoms with Crippen LogP contribution in [0.3, 0.4) is 0 Å². The Morgan fingerprint density at radius 1 is 1.30 bits per heavy atom. The molecule has 0 spiro atoms. The number of fused-ring (bicyclic) bond motifs is 1. The zero-order valence-corrected chi connectivity index (χ0v) is 17.4. The molecule has 1 aliphatic heterocycles. The number of benzene rings is 1. The van der Waals surface area contributed by atoms with Gasteiger partial charge in [-0.1, -0.05) is 30.3 Å². The maximum absolute atomic E-state index is 12.9. The summed E-state index contributed by atoms with van der Waals surface area (Å²) in [5.41, 5.74) is 5.70. The van der Waals surface area contributed by atoms with E-state index in [4.69, 9.17) is 15.2 Å². The number of nitrogen functional groups attached to an aromatic ring is 1. The van der Waals surface area contributed by atoms with Crippen LogP contribution in [0.1, 0.15) is 11.8 Å². The van der Waals surface area contributed by atoms with Crippen molar-refractivity contribution in [2.24, 2.45) is 0 Å². The van der Waals surface area contributed by atoms with Gasteiger partial charge in [-0.05, 0) is 5.56 Å². The summed E-state index contributed by atoms with van der Waals surface area (Å²) in [6.07, 6.45) is -4.69. The highest BCUT2D eigenvalue weighted by Gasteiger charge is 2.48. The molecule has 2 aromatic heterocycles. The number of methoxy groups -OCH3 is 1. The number of aliphatic hydroxyl groups is 2. The minimum absolute atomic E-state index is 0.00470. The number of aliphatic hydroxyl groups excluding tert-OH is 2. The number of anilines is 1. The molecule has 33 heavy (non-hydrogen) atoms. The van der Waals surface area contributed by atoms with Gasteiger partial charge >= 0.3 is 5.97 Å². The predicted octanol–water partition coefficient (Wildman–Crippen LogP) is -1.78. The van der Waals surface area contributed by atoms with Gasteiger partial charge in [0.2, 0.25) is 5.95 Å². The molecule has 0 unspecified atom stereocenters. The van der Waals surface area contributed by atoms with E-state index in [-0.39, 0.29) is 23.5 Å². The molecule has 13 nitrogen and oxygen atoms in total. The van der Waals surface area contributed by atoms with Gasteiger partial charge in [0.25, 0.3) is 11.5 Å². The average Bonchev–Trinajstić information content (AvgIpc) is 3.34. The quantitative estimate of drug-likeness (QED) is 0.264. The first-order valence-electron chi connectivity index (χ1n) is 9.96. The van der Waals surface area contributed by atoms with Crippen LogP contribution >= 0.6 is 0 Å². The number of carbonyl (C=O) groups is 2. The van der Waals surface area contributed by atoms with Gasteiger partial charge in [0.15, 0.2) is 23.5 Å². The van der Waals surface area contributed by atoms with E-state index < -0.39 is 48.0 Å². The number of hydrogen-bond acceptors (Lipinski definition) is 10. The molecule has 1 saturated heterocycles. The van der Waals surface area contributed by atoms with Crippen molar-refractivity contribution in [3.63, 3.8) is 0 Å². The Hall–Kier alpha value is -3.81. The third-order valence-electron chi connectivity index (χ3n) is 5.31. The van der Waals surface area contributed by atoms with Crippen LogP contribution in [0.5, 0.6) is 0 Å². The van der Waals surface area contributed by atoms with E-state index in [0.29, 0.717) is 0 Å². The lowest BCUT2D eigenvalue weighted by molar-refractivity contribution is -0.148. The number of nitrogens with zero attached hydrogens (tertiary/aromatic N) is 3. The minimum atomic E-state index is -1.64. The lowest BCUT2D eigenvalue weighted by Crippen LogP contribution is -2.50. The molecule has 0 radical (unpaired) electrons. The van der Waals surface area contributed by atoms with Crippen LogP contribution in [0.4, 0.5) is 5.95 Å². The maximum Gasteiger partial charge on any atom is 0.328 e. The van der Waals surface area contributed by atoms with E-state index in [1.54, 1.807) is 24.3 Å². The van der Waals surface area contributed by atoms with E-state index >= 15 is 0 Å². The highest BCUT2D eigenvalue weighted by atomic mass is 16.6. The summed E-state index contributed by atoms with van der Waals surface area (Å²) in [6.45, 7) is 0. The Balaban J connectivity index is 1.55. The zero-order valence-electron chi connectivity index (χ0n) is 17.4. The van der Waals surface area contributed by atoms with E-state index in [1.807, 2.05) is 6.07 Å². The number of nitrogens with two attached hydrogens (primary N) is 1. The van der Waals surface area contributed by atoms with Crippen molar-refractivity contribution in [2.75, 3.05) is 12.8 Å². The van der Waals surface area contributed by atoms with Gasteiger partial charge in [-0.25, -0.2) is 9.78 Å². The second-order valence-electron chi connectivity index (χ2n) is 7.48. The summed E-state index contributed by atoms with van der Waals surface area (Å²) in [7, 11) is 1.19. The molecule has 1 aromatic carbocycles. The third kappa shape index (κ3) is 4.28. The number of aromatic amines is 1. The van der Waals surface area contributed by atoms with Crippen molar-refractivity contribution in [1.29, 1.82) is 0 Å². The first-order chi connectivity index (χ1) is 15.8. The number of aromatic nitrogens is 4. The zero-order chi connectivity index (χ0) is 23.7. The number of H-pyrrole nitrogens is 1. The van der Waals surface area contributed by atoms with Crippen LogP contribution in [0.15, 0.2) is 41.5 Å². The molecule has 4 rings (SSSR count). The predicted molar refractivity (Wildman–Crippen MR) is 113 cm³/mol. The average molecular weight is 458 g/mol. The molecule has 3 heterocycles. The van der Waals surface area contributed by atoms with Crippen molar-refractivity contribution in [1.82, 2.24) is 24.8 Å². The lowest BCUT2D eigenvalue weighted by atomic mass is 10.0. The molecule has 3 aromatic rings. The molecule has 1 aliphatic rings.